The van der Waals surface area contributed by atoms with E-state index in [-0.39, 0.29) is 11.0 Å². The van der Waals surface area contributed by atoms with Crippen LogP contribution in [-0.2, 0) is 5.41 Å². The summed E-state index contributed by atoms with van der Waals surface area (Å²) in [4.78, 5) is 12.6. The van der Waals surface area contributed by atoms with E-state index in [1.165, 1.54) is 0 Å². The highest BCUT2D eigenvalue weighted by Crippen LogP contribution is 2.46. The molecule has 1 aliphatic rings. The van der Waals surface area contributed by atoms with Gasteiger partial charge in [-0.1, -0.05) is 44.2 Å². The average Bonchev–Trinajstić information content (AvgIpc) is 2.53. The van der Waals surface area contributed by atoms with Gasteiger partial charge in [0.2, 0.25) is 0 Å². The molecule has 0 saturated heterocycles. The fraction of sp³-hybridized carbons (Fsp3) is 0.286. The maximum atomic E-state index is 12.6. The van der Waals surface area contributed by atoms with Crippen molar-refractivity contribution < 1.29 is 9.15 Å². The van der Waals surface area contributed by atoms with Crippen LogP contribution >= 0.6 is 0 Å². The molecule has 2 aromatic carbocycles. The monoisotopic (exact) mass is 335 g/mol. The first-order chi connectivity index (χ1) is 11.9. The molecular formula is C21H21NO3. The van der Waals surface area contributed by atoms with Crippen LogP contribution in [0.5, 0.6) is 5.75 Å². The number of nitrogens with one attached hydrogen (secondary N) is 1. The fourth-order valence-corrected chi connectivity index (χ4v) is 3.90. The van der Waals surface area contributed by atoms with Gasteiger partial charge < -0.3 is 14.5 Å². The summed E-state index contributed by atoms with van der Waals surface area (Å²) < 4.78 is 11.9. The van der Waals surface area contributed by atoms with Crippen LogP contribution in [-0.4, -0.2) is 5.72 Å². The third kappa shape index (κ3) is 2.68. The molecule has 0 amide bonds. The molecule has 4 nitrogen and oxygen atoms in total. The Hall–Kier alpha value is -2.75. The third-order valence-electron chi connectivity index (χ3n) is 4.73. The van der Waals surface area contributed by atoms with E-state index >= 15 is 0 Å². The van der Waals surface area contributed by atoms with Crippen LogP contribution in [0.15, 0.2) is 63.8 Å². The number of hydrogen-bond acceptors (Lipinski definition) is 4. The molecule has 0 radical (unpaired) electrons. The Morgan fingerprint density at radius 2 is 1.64 bits per heavy atom. The van der Waals surface area contributed by atoms with E-state index in [9.17, 15) is 4.79 Å². The zero-order valence-corrected chi connectivity index (χ0v) is 14.6. The van der Waals surface area contributed by atoms with E-state index in [1.807, 2.05) is 55.5 Å². The van der Waals surface area contributed by atoms with Crippen molar-refractivity contribution in [2.45, 2.75) is 38.3 Å². The second kappa shape index (κ2) is 5.38. The molecule has 0 bridgehead atoms. The minimum absolute atomic E-state index is 0.319. The molecule has 2 heterocycles. The van der Waals surface area contributed by atoms with Crippen LogP contribution in [0.1, 0.15) is 32.8 Å². The van der Waals surface area contributed by atoms with Gasteiger partial charge in [0.25, 0.3) is 0 Å². The molecule has 128 valence electrons. The molecule has 0 aliphatic carbocycles. The second-order valence-electron chi connectivity index (χ2n) is 7.47. The van der Waals surface area contributed by atoms with Gasteiger partial charge in [-0.05, 0) is 31.2 Å². The highest BCUT2D eigenvalue weighted by atomic mass is 16.5. The quantitative estimate of drug-likeness (QED) is 0.691. The minimum Gasteiger partial charge on any atom is -0.467 e. The van der Waals surface area contributed by atoms with Crippen molar-refractivity contribution in [3.63, 3.8) is 0 Å². The predicted octanol–water partition coefficient (Wildman–Crippen LogP) is 4.68. The summed E-state index contributed by atoms with van der Waals surface area (Å²) in [5.74, 6) is 0.619. The van der Waals surface area contributed by atoms with Gasteiger partial charge in [-0.3, -0.25) is 0 Å². The normalized spacial score (nSPS) is 21.4. The SMILES string of the molecule is CC1(Nc2ccccc2)CC(C)(C)c2c(c3ccccc3oc2=O)O1. The summed E-state index contributed by atoms with van der Waals surface area (Å²) in [6.45, 7) is 6.14. The molecule has 1 N–H and O–H groups in total. The molecule has 3 aromatic rings. The summed E-state index contributed by atoms with van der Waals surface area (Å²) in [6.07, 6.45) is 0.644. The van der Waals surface area contributed by atoms with Gasteiger partial charge in [0.15, 0.2) is 5.72 Å². The van der Waals surface area contributed by atoms with Gasteiger partial charge in [0.1, 0.15) is 11.3 Å². The Bertz CT molecular complexity index is 991. The molecule has 0 spiro atoms. The molecule has 1 atom stereocenters. The van der Waals surface area contributed by atoms with Gasteiger partial charge in [-0.25, -0.2) is 4.79 Å². The van der Waals surface area contributed by atoms with Crippen molar-refractivity contribution in [3.8, 4) is 5.75 Å². The van der Waals surface area contributed by atoms with Crippen molar-refractivity contribution in [2.75, 3.05) is 5.32 Å². The largest absolute Gasteiger partial charge is 0.467 e. The van der Waals surface area contributed by atoms with Gasteiger partial charge in [-0.15, -0.1) is 0 Å². The molecule has 25 heavy (non-hydrogen) atoms. The van der Waals surface area contributed by atoms with Crippen LogP contribution < -0.4 is 15.7 Å². The minimum atomic E-state index is -0.631. The number of hydrogen-bond donors (Lipinski definition) is 1. The smallest absolute Gasteiger partial charge is 0.343 e. The summed E-state index contributed by atoms with van der Waals surface area (Å²) in [6, 6.07) is 17.5. The summed E-state index contributed by atoms with van der Waals surface area (Å²) in [7, 11) is 0. The van der Waals surface area contributed by atoms with Crippen molar-refractivity contribution in [1.29, 1.82) is 0 Å². The molecule has 4 heteroatoms. The van der Waals surface area contributed by atoms with Gasteiger partial charge in [0, 0.05) is 17.5 Å². The van der Waals surface area contributed by atoms with Gasteiger partial charge in [-0.2, -0.15) is 0 Å². The Morgan fingerprint density at radius 1 is 0.960 bits per heavy atom. The Kier molecular flexibility index (Phi) is 3.39. The number of anilines is 1. The van der Waals surface area contributed by atoms with E-state index in [2.05, 4.69) is 19.2 Å². The molecular weight excluding hydrogens is 314 g/mol. The zero-order chi connectivity index (χ0) is 17.7. The van der Waals surface area contributed by atoms with E-state index in [4.69, 9.17) is 9.15 Å². The highest BCUT2D eigenvalue weighted by Gasteiger charge is 2.45. The average molecular weight is 335 g/mol. The second-order valence-corrected chi connectivity index (χ2v) is 7.47. The van der Waals surface area contributed by atoms with Crippen LogP contribution in [0.2, 0.25) is 0 Å². The third-order valence-corrected chi connectivity index (χ3v) is 4.73. The zero-order valence-electron chi connectivity index (χ0n) is 14.6. The van der Waals surface area contributed by atoms with Crippen molar-refractivity contribution in [3.05, 3.63) is 70.6 Å². The summed E-state index contributed by atoms with van der Waals surface area (Å²) in [5, 5.41) is 4.31. The lowest BCUT2D eigenvalue weighted by molar-refractivity contribution is 0.0615. The van der Waals surface area contributed by atoms with Crippen LogP contribution in [0, 0.1) is 0 Å². The number of fused-ring (bicyclic) bond motifs is 3. The maximum absolute atomic E-state index is 12.6. The molecule has 0 saturated carbocycles. The highest BCUT2D eigenvalue weighted by molar-refractivity contribution is 5.85. The first-order valence-corrected chi connectivity index (χ1v) is 8.47. The Labute approximate surface area is 146 Å². The van der Waals surface area contributed by atoms with Crippen molar-refractivity contribution in [1.82, 2.24) is 0 Å². The molecule has 0 fully saturated rings. The lowest BCUT2D eigenvalue weighted by atomic mass is 9.76. The van der Waals surface area contributed by atoms with Gasteiger partial charge >= 0.3 is 5.63 Å². The van der Waals surface area contributed by atoms with Crippen LogP contribution in [0.25, 0.3) is 11.0 Å². The first-order valence-electron chi connectivity index (χ1n) is 8.47. The van der Waals surface area contributed by atoms with E-state index in [0.717, 1.165) is 11.1 Å². The lowest BCUT2D eigenvalue weighted by Gasteiger charge is -2.44. The maximum Gasteiger partial charge on any atom is 0.343 e. The van der Waals surface area contributed by atoms with E-state index < -0.39 is 5.72 Å². The van der Waals surface area contributed by atoms with Crippen LogP contribution in [0.4, 0.5) is 5.69 Å². The first kappa shape index (κ1) is 15.8. The van der Waals surface area contributed by atoms with E-state index in [0.29, 0.717) is 23.3 Å². The lowest BCUT2D eigenvalue weighted by Crippen LogP contribution is -2.51. The number of benzene rings is 2. The number of ether oxygens (including phenoxy) is 1. The van der Waals surface area contributed by atoms with Crippen LogP contribution in [0.3, 0.4) is 0 Å². The predicted molar refractivity (Wildman–Crippen MR) is 99.2 cm³/mol. The fourth-order valence-electron chi connectivity index (χ4n) is 3.90. The Balaban J connectivity index is 1.88. The summed E-state index contributed by atoms with van der Waals surface area (Å²) in [5.41, 5.74) is 0.810. The molecule has 1 aliphatic heterocycles. The molecule has 1 aromatic heterocycles. The molecule has 4 rings (SSSR count). The number of para-hydroxylation sites is 2. The van der Waals surface area contributed by atoms with Gasteiger partial charge in [0.05, 0.1) is 10.9 Å². The topological polar surface area (TPSA) is 51.5 Å². The Morgan fingerprint density at radius 3 is 2.40 bits per heavy atom. The van der Waals surface area contributed by atoms with Crippen molar-refractivity contribution in [2.24, 2.45) is 0 Å². The number of rotatable bonds is 2. The molecule has 1 unspecified atom stereocenters. The van der Waals surface area contributed by atoms with E-state index in [1.54, 1.807) is 6.07 Å². The van der Waals surface area contributed by atoms with Crippen molar-refractivity contribution >= 4 is 16.7 Å². The standard InChI is InChI=1S/C21H21NO3/c1-20(2)13-21(3,22-14-9-5-4-6-10-14)25-18-15-11-7-8-12-16(15)24-19(23)17(18)20/h4-12,22H,13H2,1-3H3. The summed E-state index contributed by atoms with van der Waals surface area (Å²) >= 11 is 0.